The van der Waals surface area contributed by atoms with Gasteiger partial charge in [0.15, 0.2) is 0 Å². The number of nitrogens with zero attached hydrogens (tertiary/aromatic N) is 1. The Balaban J connectivity index is 1.05. The van der Waals surface area contributed by atoms with E-state index < -0.39 is 5.97 Å². The Labute approximate surface area is 185 Å². The van der Waals surface area contributed by atoms with Crippen LogP contribution in [0.25, 0.3) is 6.08 Å². The summed E-state index contributed by atoms with van der Waals surface area (Å²) in [5, 5.41) is 13.0. The van der Waals surface area contributed by atoms with Gasteiger partial charge < -0.3 is 10.4 Å². The van der Waals surface area contributed by atoms with E-state index in [4.69, 9.17) is 5.11 Å². The molecule has 1 heterocycles. The monoisotopic (exact) mass is 416 g/mol. The molecule has 1 aliphatic heterocycles. The zero-order valence-electron chi connectivity index (χ0n) is 18.3. The fourth-order valence-electron chi connectivity index (χ4n) is 5.71. The van der Waals surface area contributed by atoms with E-state index in [2.05, 4.69) is 53.5 Å². The van der Waals surface area contributed by atoms with Gasteiger partial charge in [-0.25, -0.2) is 4.79 Å². The van der Waals surface area contributed by atoms with E-state index in [-0.39, 0.29) is 0 Å². The van der Waals surface area contributed by atoms with E-state index in [1.165, 1.54) is 43.5 Å². The summed E-state index contributed by atoms with van der Waals surface area (Å²) in [4.78, 5) is 13.5. The third-order valence-corrected chi connectivity index (χ3v) is 7.36. The van der Waals surface area contributed by atoms with Crippen molar-refractivity contribution in [2.45, 2.75) is 51.2 Å². The first-order valence-corrected chi connectivity index (χ1v) is 11.6. The molecule has 0 aromatic heterocycles. The highest BCUT2D eigenvalue weighted by Gasteiger charge is 2.53. The molecule has 2 aliphatic carbocycles. The number of carboxylic acid groups (broad SMARTS) is 1. The first-order chi connectivity index (χ1) is 15.0. The molecule has 0 bridgehead atoms. The highest BCUT2D eigenvalue weighted by Crippen LogP contribution is 2.50. The molecule has 2 atom stereocenters. The number of hydrogen-bond acceptors (Lipinski definition) is 3. The number of nitrogens with one attached hydrogen (secondary N) is 1. The van der Waals surface area contributed by atoms with Crippen LogP contribution in [0.2, 0.25) is 0 Å². The van der Waals surface area contributed by atoms with Gasteiger partial charge in [0, 0.05) is 31.7 Å². The van der Waals surface area contributed by atoms with Crippen molar-refractivity contribution < 1.29 is 9.90 Å². The topological polar surface area (TPSA) is 52.6 Å². The van der Waals surface area contributed by atoms with Gasteiger partial charge in [-0.05, 0) is 60.3 Å². The molecule has 0 radical (unpaired) electrons. The molecular formula is C27H32N2O2. The molecule has 2 aromatic rings. The van der Waals surface area contributed by atoms with Crippen LogP contribution in [0, 0.1) is 11.3 Å². The Morgan fingerprint density at radius 2 is 1.84 bits per heavy atom. The standard InChI is InChI=1S/C27H32N2O2/c1-2-21(12-19-6-4-3-5-7-19)24-13-25(24)28-23-14-27(15-23)17-29(18-27)16-20-8-10-22(11-9-20)26(30)31/h3-12,23-25,28H,2,13-18H2,1H3,(H,30,31)/b21-12+/t24-,25+/m0/s1. The van der Waals surface area contributed by atoms with E-state index in [0.717, 1.165) is 13.0 Å². The molecule has 5 rings (SSSR count). The molecule has 2 saturated carbocycles. The summed E-state index contributed by atoms with van der Waals surface area (Å²) in [5.74, 6) is -0.143. The lowest BCUT2D eigenvalue weighted by Gasteiger charge is -2.59. The number of hydrogen-bond donors (Lipinski definition) is 2. The highest BCUT2D eigenvalue weighted by atomic mass is 16.4. The molecule has 0 unspecified atom stereocenters. The minimum absolute atomic E-state index is 0.361. The van der Waals surface area contributed by atoms with E-state index >= 15 is 0 Å². The minimum Gasteiger partial charge on any atom is -0.478 e. The van der Waals surface area contributed by atoms with Gasteiger partial charge in [-0.2, -0.15) is 0 Å². The third kappa shape index (κ3) is 4.46. The second-order valence-electron chi connectivity index (χ2n) is 9.85. The van der Waals surface area contributed by atoms with E-state index in [1.54, 1.807) is 17.7 Å². The SMILES string of the molecule is CC/C(=C\c1ccccc1)[C@@H]1C[C@H]1NC1CC2(C1)CN(Cc1ccc(C(=O)O)cc1)C2. The second kappa shape index (κ2) is 8.25. The lowest BCUT2D eigenvalue weighted by Crippen LogP contribution is -2.65. The van der Waals surface area contributed by atoms with Gasteiger partial charge in [0.2, 0.25) is 0 Å². The zero-order valence-corrected chi connectivity index (χ0v) is 18.3. The highest BCUT2D eigenvalue weighted by molar-refractivity contribution is 5.87. The van der Waals surface area contributed by atoms with Crippen LogP contribution >= 0.6 is 0 Å². The van der Waals surface area contributed by atoms with E-state index in [0.29, 0.717) is 29.0 Å². The summed E-state index contributed by atoms with van der Waals surface area (Å²) in [6.07, 6.45) is 7.41. The first-order valence-electron chi connectivity index (χ1n) is 11.6. The number of carbonyl (C=O) groups is 1. The fraction of sp³-hybridized carbons (Fsp3) is 0.444. The molecular weight excluding hydrogens is 384 g/mol. The molecule has 1 spiro atoms. The molecule has 4 nitrogen and oxygen atoms in total. The smallest absolute Gasteiger partial charge is 0.335 e. The van der Waals surface area contributed by atoms with Crippen molar-refractivity contribution in [1.82, 2.24) is 10.2 Å². The normalized spacial score (nSPS) is 25.1. The van der Waals surface area contributed by atoms with Crippen molar-refractivity contribution in [3.63, 3.8) is 0 Å². The van der Waals surface area contributed by atoms with Gasteiger partial charge in [0.05, 0.1) is 5.56 Å². The Bertz CT molecular complexity index is 952. The Morgan fingerprint density at radius 1 is 1.13 bits per heavy atom. The van der Waals surface area contributed by atoms with E-state index in [1.807, 2.05) is 12.1 Å². The summed E-state index contributed by atoms with van der Waals surface area (Å²) >= 11 is 0. The van der Waals surface area contributed by atoms with Crippen molar-refractivity contribution in [3.8, 4) is 0 Å². The number of benzene rings is 2. The summed E-state index contributed by atoms with van der Waals surface area (Å²) in [5.41, 5.74) is 4.99. The maximum atomic E-state index is 11.0. The molecule has 3 fully saturated rings. The van der Waals surface area contributed by atoms with Crippen molar-refractivity contribution in [1.29, 1.82) is 0 Å². The molecule has 3 aliphatic rings. The predicted molar refractivity (Wildman–Crippen MR) is 124 cm³/mol. The lowest BCUT2D eigenvalue weighted by molar-refractivity contribution is -0.0834. The van der Waals surface area contributed by atoms with Crippen molar-refractivity contribution in [3.05, 3.63) is 76.9 Å². The maximum Gasteiger partial charge on any atom is 0.335 e. The van der Waals surface area contributed by atoms with Crippen molar-refractivity contribution >= 4 is 12.0 Å². The number of likely N-dealkylation sites (tertiary alicyclic amines) is 1. The van der Waals surface area contributed by atoms with Gasteiger partial charge >= 0.3 is 5.97 Å². The first kappa shape index (κ1) is 20.5. The van der Waals surface area contributed by atoms with Crippen LogP contribution in [0.4, 0.5) is 0 Å². The molecule has 2 N–H and O–H groups in total. The van der Waals surface area contributed by atoms with E-state index in [9.17, 15) is 4.79 Å². The molecule has 1 saturated heterocycles. The molecule has 162 valence electrons. The van der Waals surface area contributed by atoms with Crippen LogP contribution in [0.3, 0.4) is 0 Å². The van der Waals surface area contributed by atoms with Crippen LogP contribution in [-0.4, -0.2) is 41.1 Å². The van der Waals surface area contributed by atoms with Crippen molar-refractivity contribution in [2.24, 2.45) is 11.3 Å². The Morgan fingerprint density at radius 3 is 2.48 bits per heavy atom. The Kier molecular flexibility index (Phi) is 5.45. The van der Waals surface area contributed by atoms with Crippen LogP contribution < -0.4 is 5.32 Å². The zero-order chi connectivity index (χ0) is 21.4. The molecule has 0 amide bonds. The van der Waals surface area contributed by atoms with Gasteiger partial charge in [-0.15, -0.1) is 0 Å². The summed E-state index contributed by atoms with van der Waals surface area (Å²) in [7, 11) is 0. The number of carboxylic acids is 1. The largest absolute Gasteiger partial charge is 0.478 e. The van der Waals surface area contributed by atoms with Gasteiger partial charge in [-0.3, -0.25) is 4.90 Å². The van der Waals surface area contributed by atoms with Crippen LogP contribution in [0.1, 0.15) is 54.1 Å². The number of aromatic carboxylic acids is 1. The quantitative estimate of drug-likeness (QED) is 0.648. The maximum absolute atomic E-state index is 11.0. The van der Waals surface area contributed by atoms with Gasteiger partial charge in [0.25, 0.3) is 0 Å². The average molecular weight is 417 g/mol. The average Bonchev–Trinajstić information content (AvgIpc) is 3.49. The Hall–Kier alpha value is -2.43. The van der Waals surface area contributed by atoms with Crippen LogP contribution in [-0.2, 0) is 6.54 Å². The summed E-state index contributed by atoms with van der Waals surface area (Å²) < 4.78 is 0. The minimum atomic E-state index is -0.859. The fourth-order valence-corrected chi connectivity index (χ4v) is 5.71. The molecule has 4 heteroatoms. The summed E-state index contributed by atoms with van der Waals surface area (Å²) in [6.45, 7) is 5.55. The van der Waals surface area contributed by atoms with Gasteiger partial charge in [-0.1, -0.05) is 61.0 Å². The number of rotatable bonds is 8. The van der Waals surface area contributed by atoms with Crippen LogP contribution in [0.15, 0.2) is 60.2 Å². The predicted octanol–water partition coefficient (Wildman–Crippen LogP) is 4.82. The van der Waals surface area contributed by atoms with Gasteiger partial charge in [0.1, 0.15) is 0 Å². The molecule has 2 aromatic carbocycles. The molecule has 31 heavy (non-hydrogen) atoms. The second-order valence-corrected chi connectivity index (χ2v) is 9.85. The third-order valence-electron chi connectivity index (χ3n) is 7.36. The van der Waals surface area contributed by atoms with Crippen LogP contribution in [0.5, 0.6) is 0 Å². The van der Waals surface area contributed by atoms with Crippen molar-refractivity contribution in [2.75, 3.05) is 13.1 Å². The summed E-state index contributed by atoms with van der Waals surface area (Å²) in [6, 6.07) is 19.3. The lowest BCUT2D eigenvalue weighted by atomic mass is 9.60.